The zero-order valence-electron chi connectivity index (χ0n) is 12.9. The fourth-order valence-corrected chi connectivity index (χ4v) is 4.06. The molecular formula is C16H26N2O2S. The predicted octanol–water partition coefficient (Wildman–Crippen LogP) is 2.23. The maximum absolute atomic E-state index is 12.1. The third-order valence-corrected chi connectivity index (χ3v) is 5.49. The lowest BCUT2D eigenvalue weighted by atomic mass is 10.0. The van der Waals surface area contributed by atoms with Gasteiger partial charge in [0.2, 0.25) is 10.0 Å². The number of sulfonamides is 1. The summed E-state index contributed by atoms with van der Waals surface area (Å²) >= 11 is 0. The smallest absolute Gasteiger partial charge is 0.212 e. The van der Waals surface area contributed by atoms with Crippen LogP contribution in [0.2, 0.25) is 0 Å². The van der Waals surface area contributed by atoms with E-state index in [0.717, 1.165) is 31.5 Å². The number of piperidine rings is 1. The number of rotatable bonds is 6. The normalized spacial score (nSPS) is 19.9. The highest BCUT2D eigenvalue weighted by atomic mass is 32.2. The molecule has 21 heavy (non-hydrogen) atoms. The minimum atomic E-state index is -3.20. The van der Waals surface area contributed by atoms with Crippen LogP contribution in [0.3, 0.4) is 0 Å². The van der Waals surface area contributed by atoms with Crippen LogP contribution in [-0.2, 0) is 16.6 Å². The van der Waals surface area contributed by atoms with Crippen LogP contribution in [0.4, 0.5) is 0 Å². The van der Waals surface area contributed by atoms with E-state index < -0.39 is 10.0 Å². The second-order valence-corrected chi connectivity index (χ2v) is 8.06. The molecule has 1 aromatic carbocycles. The van der Waals surface area contributed by atoms with Crippen molar-refractivity contribution < 1.29 is 8.42 Å². The highest BCUT2D eigenvalue weighted by molar-refractivity contribution is 7.89. The van der Waals surface area contributed by atoms with Crippen molar-refractivity contribution in [1.82, 2.24) is 10.0 Å². The first-order chi connectivity index (χ1) is 9.96. The predicted molar refractivity (Wildman–Crippen MR) is 86.8 cm³/mol. The molecule has 0 aromatic heterocycles. The Balaban J connectivity index is 1.85. The van der Waals surface area contributed by atoms with E-state index in [0.29, 0.717) is 12.5 Å². The summed E-state index contributed by atoms with van der Waals surface area (Å²) in [5.41, 5.74) is 2.28. The van der Waals surface area contributed by atoms with Gasteiger partial charge in [-0.1, -0.05) is 38.1 Å². The van der Waals surface area contributed by atoms with Crippen LogP contribution in [0.15, 0.2) is 24.3 Å². The van der Waals surface area contributed by atoms with Gasteiger partial charge in [-0.15, -0.1) is 0 Å². The minimum Gasteiger partial charge on any atom is -0.316 e. The molecular weight excluding hydrogens is 284 g/mol. The zero-order chi connectivity index (χ0) is 15.3. The molecule has 2 N–H and O–H groups in total. The molecule has 1 aromatic rings. The fraction of sp³-hybridized carbons (Fsp3) is 0.625. The molecule has 118 valence electrons. The summed E-state index contributed by atoms with van der Waals surface area (Å²) in [5, 5.41) is 3.26. The second kappa shape index (κ2) is 7.38. The van der Waals surface area contributed by atoms with E-state index in [2.05, 4.69) is 36.0 Å². The highest BCUT2D eigenvalue weighted by Crippen LogP contribution is 2.15. The highest BCUT2D eigenvalue weighted by Gasteiger charge is 2.20. The Hall–Kier alpha value is -0.910. The molecule has 1 aliphatic rings. The summed E-state index contributed by atoms with van der Waals surface area (Å²) < 4.78 is 26.9. The average molecular weight is 310 g/mol. The molecule has 0 amide bonds. The van der Waals surface area contributed by atoms with Gasteiger partial charge in [-0.25, -0.2) is 13.1 Å². The molecule has 1 saturated heterocycles. The summed E-state index contributed by atoms with van der Waals surface area (Å²) in [5.74, 6) is 0.957. The van der Waals surface area contributed by atoms with Gasteiger partial charge in [0.25, 0.3) is 0 Å². The molecule has 1 unspecified atom stereocenters. The van der Waals surface area contributed by atoms with Crippen molar-refractivity contribution in [2.45, 2.75) is 39.2 Å². The van der Waals surface area contributed by atoms with Crippen LogP contribution in [0.5, 0.6) is 0 Å². The van der Waals surface area contributed by atoms with Crippen LogP contribution < -0.4 is 10.0 Å². The molecule has 4 nitrogen and oxygen atoms in total. The lowest BCUT2D eigenvalue weighted by Crippen LogP contribution is -2.37. The molecule has 1 heterocycles. The Bertz CT molecular complexity index is 532. The number of hydrogen-bond acceptors (Lipinski definition) is 3. The van der Waals surface area contributed by atoms with Gasteiger partial charge in [-0.05, 0) is 48.9 Å². The third kappa shape index (κ3) is 5.41. The van der Waals surface area contributed by atoms with E-state index in [4.69, 9.17) is 0 Å². The second-order valence-electron chi connectivity index (χ2n) is 6.21. The maximum Gasteiger partial charge on any atom is 0.212 e. The fourth-order valence-electron chi connectivity index (χ4n) is 2.65. The van der Waals surface area contributed by atoms with Crippen molar-refractivity contribution in [2.24, 2.45) is 5.92 Å². The molecule has 0 aliphatic carbocycles. The first-order valence-corrected chi connectivity index (χ1v) is 9.38. The molecule has 0 radical (unpaired) electrons. The molecule has 0 saturated carbocycles. The third-order valence-electron chi connectivity index (χ3n) is 4.00. The van der Waals surface area contributed by atoms with Gasteiger partial charge < -0.3 is 5.32 Å². The van der Waals surface area contributed by atoms with Crippen molar-refractivity contribution in [3.8, 4) is 0 Å². The topological polar surface area (TPSA) is 58.2 Å². The van der Waals surface area contributed by atoms with Gasteiger partial charge >= 0.3 is 0 Å². The van der Waals surface area contributed by atoms with Crippen LogP contribution in [0.1, 0.15) is 43.7 Å². The number of nitrogens with one attached hydrogen (secondary N) is 2. The van der Waals surface area contributed by atoms with Crippen LogP contribution in [0, 0.1) is 5.92 Å². The van der Waals surface area contributed by atoms with Gasteiger partial charge in [0.05, 0.1) is 5.75 Å². The van der Waals surface area contributed by atoms with Crippen molar-refractivity contribution in [3.63, 3.8) is 0 Å². The van der Waals surface area contributed by atoms with Crippen molar-refractivity contribution in [2.75, 3.05) is 18.8 Å². The van der Waals surface area contributed by atoms with E-state index >= 15 is 0 Å². The van der Waals surface area contributed by atoms with Crippen molar-refractivity contribution >= 4 is 10.0 Å². The first-order valence-electron chi connectivity index (χ1n) is 7.73. The molecule has 1 atom stereocenters. The van der Waals surface area contributed by atoms with Crippen molar-refractivity contribution in [1.29, 1.82) is 0 Å². The summed E-state index contributed by atoms with van der Waals surface area (Å²) in [6.07, 6.45) is 2.06. The minimum absolute atomic E-state index is 0.226. The van der Waals surface area contributed by atoms with E-state index in [1.165, 1.54) is 5.56 Å². The SMILES string of the molecule is CC(C)c1ccc(CNS(=O)(=O)CC2CCCNC2)cc1. The zero-order valence-corrected chi connectivity index (χ0v) is 13.7. The lowest BCUT2D eigenvalue weighted by molar-refractivity contribution is 0.402. The van der Waals surface area contributed by atoms with Gasteiger partial charge in [-0.3, -0.25) is 0 Å². The Kier molecular flexibility index (Phi) is 5.79. The van der Waals surface area contributed by atoms with Gasteiger partial charge in [0.15, 0.2) is 0 Å². The first kappa shape index (κ1) is 16.5. The maximum atomic E-state index is 12.1. The van der Waals surface area contributed by atoms with Gasteiger partial charge in [-0.2, -0.15) is 0 Å². The van der Waals surface area contributed by atoms with Crippen LogP contribution in [-0.4, -0.2) is 27.3 Å². The van der Waals surface area contributed by atoms with E-state index in [1.807, 2.05) is 12.1 Å². The summed E-state index contributed by atoms with van der Waals surface area (Å²) in [4.78, 5) is 0. The quantitative estimate of drug-likeness (QED) is 0.847. The summed E-state index contributed by atoms with van der Waals surface area (Å²) in [6, 6.07) is 8.14. The molecule has 0 spiro atoms. The summed E-state index contributed by atoms with van der Waals surface area (Å²) in [7, 11) is -3.20. The molecule has 1 fully saturated rings. The Morgan fingerprint density at radius 3 is 2.57 bits per heavy atom. The van der Waals surface area contributed by atoms with Crippen molar-refractivity contribution in [3.05, 3.63) is 35.4 Å². The Morgan fingerprint density at radius 1 is 1.29 bits per heavy atom. The van der Waals surface area contributed by atoms with E-state index in [9.17, 15) is 8.42 Å². The molecule has 2 rings (SSSR count). The van der Waals surface area contributed by atoms with E-state index in [-0.39, 0.29) is 11.7 Å². The Labute approximate surface area is 128 Å². The number of benzene rings is 1. The standard InChI is InChI=1S/C16H26N2O2S/c1-13(2)16-7-5-14(6-8-16)11-18-21(19,20)12-15-4-3-9-17-10-15/h5-8,13,15,17-18H,3-4,9-12H2,1-2H3. The largest absolute Gasteiger partial charge is 0.316 e. The number of hydrogen-bond donors (Lipinski definition) is 2. The van der Waals surface area contributed by atoms with Gasteiger partial charge in [0.1, 0.15) is 0 Å². The molecule has 0 bridgehead atoms. The lowest BCUT2D eigenvalue weighted by Gasteiger charge is -2.22. The van der Waals surface area contributed by atoms with Crippen LogP contribution >= 0.6 is 0 Å². The van der Waals surface area contributed by atoms with E-state index in [1.54, 1.807) is 0 Å². The Morgan fingerprint density at radius 2 is 2.00 bits per heavy atom. The monoisotopic (exact) mass is 310 g/mol. The van der Waals surface area contributed by atoms with Gasteiger partial charge in [0, 0.05) is 6.54 Å². The summed E-state index contributed by atoms with van der Waals surface area (Å²) in [6.45, 7) is 6.49. The molecule has 5 heteroatoms. The van der Waals surface area contributed by atoms with Crippen LogP contribution in [0.25, 0.3) is 0 Å². The molecule has 1 aliphatic heterocycles. The average Bonchev–Trinajstić information content (AvgIpc) is 2.46.